The molecule has 30 heavy (non-hydrogen) atoms. The number of amides is 2. The highest BCUT2D eigenvalue weighted by atomic mass is 32.2. The molecule has 1 N–H and O–H groups in total. The molecule has 0 spiro atoms. The summed E-state index contributed by atoms with van der Waals surface area (Å²) >= 11 is 1.26. The normalized spacial score (nSPS) is 13.9. The summed E-state index contributed by atoms with van der Waals surface area (Å²) in [6.07, 6.45) is 2.29. The van der Waals surface area contributed by atoms with Crippen molar-refractivity contribution in [3.05, 3.63) is 40.4 Å². The summed E-state index contributed by atoms with van der Waals surface area (Å²) in [7, 11) is -3.71. The Labute approximate surface area is 179 Å². The van der Waals surface area contributed by atoms with Crippen LogP contribution in [0.2, 0.25) is 0 Å². The number of aromatic nitrogens is 1. The van der Waals surface area contributed by atoms with Gasteiger partial charge in [-0.05, 0) is 37.6 Å². The molecule has 1 aromatic heterocycles. The third-order valence-electron chi connectivity index (χ3n) is 4.58. The highest BCUT2D eigenvalue weighted by Crippen LogP contribution is 2.32. The summed E-state index contributed by atoms with van der Waals surface area (Å²) in [5.41, 5.74) is 1.30. The highest BCUT2D eigenvalue weighted by molar-refractivity contribution is 7.89. The molecule has 3 rings (SSSR count). The minimum atomic E-state index is -3.71. The third-order valence-corrected chi connectivity index (χ3v) is 6.13. The van der Waals surface area contributed by atoms with Crippen molar-refractivity contribution in [2.45, 2.75) is 19.8 Å². The van der Waals surface area contributed by atoms with E-state index in [0.717, 1.165) is 18.4 Å². The van der Waals surface area contributed by atoms with Crippen LogP contribution < -0.4 is 9.62 Å². The number of nitrogens with one attached hydrogen (secondary N) is 1. The average molecular weight is 448 g/mol. The van der Waals surface area contributed by atoms with Gasteiger partial charge in [-0.3, -0.25) is 9.59 Å². The summed E-state index contributed by atoms with van der Waals surface area (Å²) in [5, 5.41) is 9.54. The van der Waals surface area contributed by atoms with Gasteiger partial charge in [-0.1, -0.05) is 0 Å². The molecular weight excluding hydrogens is 426 g/mol. The van der Waals surface area contributed by atoms with E-state index in [2.05, 4.69) is 11.1 Å². The number of hydrogen-bond donors (Lipinski definition) is 1. The lowest BCUT2D eigenvalue weighted by molar-refractivity contribution is -0.127. The lowest BCUT2D eigenvalue weighted by Crippen LogP contribution is -2.34. The molecule has 2 aromatic rings. The molecule has 1 saturated heterocycles. The van der Waals surface area contributed by atoms with Gasteiger partial charge < -0.3 is 9.80 Å². The van der Waals surface area contributed by atoms with E-state index in [1.54, 1.807) is 36.1 Å². The van der Waals surface area contributed by atoms with Gasteiger partial charge in [-0.2, -0.15) is 5.26 Å². The Bertz CT molecular complexity index is 1100. The van der Waals surface area contributed by atoms with Crippen LogP contribution in [0.4, 0.5) is 10.8 Å². The van der Waals surface area contributed by atoms with E-state index in [1.165, 1.54) is 11.3 Å². The van der Waals surface area contributed by atoms with E-state index in [9.17, 15) is 18.0 Å². The Morgan fingerprint density at radius 1 is 1.37 bits per heavy atom. The molecule has 1 fully saturated rings. The molecule has 1 aliphatic rings. The summed E-state index contributed by atoms with van der Waals surface area (Å²) in [5.74, 6) is -0.676. The van der Waals surface area contributed by atoms with Gasteiger partial charge in [0.15, 0.2) is 5.13 Å². The van der Waals surface area contributed by atoms with Crippen molar-refractivity contribution in [2.24, 2.45) is 0 Å². The summed E-state index contributed by atoms with van der Waals surface area (Å²) in [6.45, 7) is 3.33. The van der Waals surface area contributed by atoms with E-state index in [1.807, 2.05) is 9.62 Å². The van der Waals surface area contributed by atoms with Crippen LogP contribution in [-0.4, -0.2) is 56.0 Å². The van der Waals surface area contributed by atoms with Gasteiger partial charge in [-0.25, -0.2) is 18.1 Å². The Kier molecular flexibility index (Phi) is 6.38. The first-order valence-corrected chi connectivity index (χ1v) is 11.9. The molecule has 0 saturated carbocycles. The van der Waals surface area contributed by atoms with Crippen molar-refractivity contribution in [1.29, 1.82) is 5.26 Å². The molecule has 0 unspecified atom stereocenters. The SMILES string of the molecule is Cc1sc(N(CCN2CCCC2=O)c2ccc(C#N)cc2)nc1C(=O)NS(C)(=O)=O. The van der Waals surface area contributed by atoms with Crippen LogP contribution in [0.3, 0.4) is 0 Å². The van der Waals surface area contributed by atoms with Gasteiger partial charge in [0.1, 0.15) is 5.69 Å². The quantitative estimate of drug-likeness (QED) is 0.686. The van der Waals surface area contributed by atoms with Crippen LogP contribution in [0.1, 0.15) is 33.8 Å². The molecular formula is C19H21N5O4S2. The van der Waals surface area contributed by atoms with Crippen molar-refractivity contribution in [1.82, 2.24) is 14.6 Å². The maximum atomic E-state index is 12.3. The Morgan fingerprint density at radius 2 is 2.07 bits per heavy atom. The van der Waals surface area contributed by atoms with Crippen LogP contribution in [0, 0.1) is 18.3 Å². The van der Waals surface area contributed by atoms with Gasteiger partial charge in [0.2, 0.25) is 15.9 Å². The zero-order valence-electron chi connectivity index (χ0n) is 16.6. The minimum absolute atomic E-state index is 0.0383. The number of hydrogen-bond acceptors (Lipinski definition) is 8. The minimum Gasteiger partial charge on any atom is -0.341 e. The Hall–Kier alpha value is -2.97. The zero-order valence-corrected chi connectivity index (χ0v) is 18.2. The molecule has 2 amide bonds. The van der Waals surface area contributed by atoms with Crippen LogP contribution >= 0.6 is 11.3 Å². The third kappa shape index (κ3) is 5.14. The number of nitriles is 1. The molecule has 9 nitrogen and oxygen atoms in total. The van der Waals surface area contributed by atoms with Crippen LogP contribution in [0.15, 0.2) is 24.3 Å². The predicted molar refractivity (Wildman–Crippen MR) is 113 cm³/mol. The van der Waals surface area contributed by atoms with Gasteiger partial charge in [0, 0.05) is 36.6 Å². The first-order chi connectivity index (χ1) is 14.2. The van der Waals surface area contributed by atoms with Crippen molar-refractivity contribution in [3.63, 3.8) is 0 Å². The molecule has 0 aliphatic carbocycles. The van der Waals surface area contributed by atoms with E-state index in [4.69, 9.17) is 5.26 Å². The number of anilines is 2. The topological polar surface area (TPSA) is 123 Å². The zero-order chi connectivity index (χ0) is 21.9. The number of aryl methyl sites for hydroxylation is 1. The van der Waals surface area contributed by atoms with Gasteiger partial charge in [0.25, 0.3) is 5.91 Å². The fourth-order valence-corrected chi connectivity index (χ4v) is 4.52. The standard InChI is InChI=1S/C19H21N5O4S2/c1-13-17(18(26)22-30(2,27)28)21-19(29-13)24(11-10-23-9-3-4-16(23)25)15-7-5-14(12-20)6-8-15/h5-8H,3-4,9-11H2,1-2H3,(H,22,26). The second kappa shape index (κ2) is 8.81. The maximum absolute atomic E-state index is 12.3. The van der Waals surface area contributed by atoms with Gasteiger partial charge in [0.05, 0.1) is 17.9 Å². The highest BCUT2D eigenvalue weighted by Gasteiger charge is 2.24. The lowest BCUT2D eigenvalue weighted by Gasteiger charge is -2.25. The van der Waals surface area contributed by atoms with Crippen LogP contribution in [-0.2, 0) is 14.8 Å². The van der Waals surface area contributed by atoms with Crippen molar-refractivity contribution in [3.8, 4) is 6.07 Å². The molecule has 0 atom stereocenters. The molecule has 0 bridgehead atoms. The monoisotopic (exact) mass is 447 g/mol. The molecule has 158 valence electrons. The van der Waals surface area contributed by atoms with Crippen LogP contribution in [0.5, 0.6) is 0 Å². The van der Waals surface area contributed by atoms with Crippen LogP contribution in [0.25, 0.3) is 0 Å². The van der Waals surface area contributed by atoms with E-state index in [-0.39, 0.29) is 11.6 Å². The fraction of sp³-hybridized carbons (Fsp3) is 0.368. The first kappa shape index (κ1) is 21.7. The number of thiazole rings is 1. The van der Waals surface area contributed by atoms with E-state index >= 15 is 0 Å². The molecule has 11 heteroatoms. The molecule has 2 heterocycles. The largest absolute Gasteiger partial charge is 0.341 e. The molecule has 1 aromatic carbocycles. The van der Waals surface area contributed by atoms with Gasteiger partial charge >= 0.3 is 0 Å². The lowest BCUT2D eigenvalue weighted by atomic mass is 10.2. The number of carbonyl (C=O) groups excluding carboxylic acids is 2. The Balaban J connectivity index is 1.91. The number of nitrogens with zero attached hydrogens (tertiary/aromatic N) is 4. The number of likely N-dealkylation sites (tertiary alicyclic amines) is 1. The second-order valence-corrected chi connectivity index (χ2v) is 9.83. The predicted octanol–water partition coefficient (Wildman–Crippen LogP) is 1.77. The van der Waals surface area contributed by atoms with E-state index in [0.29, 0.717) is 41.6 Å². The van der Waals surface area contributed by atoms with Crippen molar-refractivity contribution in [2.75, 3.05) is 30.8 Å². The molecule has 1 aliphatic heterocycles. The molecule has 0 radical (unpaired) electrons. The average Bonchev–Trinajstić information content (AvgIpc) is 3.27. The number of benzene rings is 1. The number of carbonyl (C=O) groups is 2. The summed E-state index contributed by atoms with van der Waals surface area (Å²) in [6, 6.07) is 8.98. The Morgan fingerprint density at radius 3 is 2.63 bits per heavy atom. The van der Waals surface area contributed by atoms with Gasteiger partial charge in [-0.15, -0.1) is 11.3 Å². The van der Waals surface area contributed by atoms with E-state index < -0.39 is 15.9 Å². The second-order valence-electron chi connectivity index (χ2n) is 6.90. The van der Waals surface area contributed by atoms with Crippen molar-refractivity contribution < 1.29 is 18.0 Å². The summed E-state index contributed by atoms with van der Waals surface area (Å²) < 4.78 is 24.7. The number of sulfonamides is 1. The fourth-order valence-electron chi connectivity index (χ4n) is 3.14. The maximum Gasteiger partial charge on any atom is 0.284 e. The first-order valence-electron chi connectivity index (χ1n) is 9.23. The smallest absolute Gasteiger partial charge is 0.284 e. The number of rotatable bonds is 7. The summed E-state index contributed by atoms with van der Waals surface area (Å²) in [4.78, 5) is 32.9. The van der Waals surface area contributed by atoms with Crippen molar-refractivity contribution >= 4 is 44.0 Å².